The van der Waals surface area contributed by atoms with Crippen LogP contribution in [0.4, 0.5) is 16.2 Å². The summed E-state index contributed by atoms with van der Waals surface area (Å²) in [5.74, 6) is -4.72. The number of aromatic nitrogens is 4. The standard InChI is InChI=1S/C30H33ClN6O10S/c1-17(26(40)32-22-16-19(10-11-21(22)31)28(42)47-18(2)27(41)45-5)25(39)20-8-6-7-9-23(20)36(3)30(43)48-29-33-34-35-37(29)13-12-24(38)46-15-14-44-4/h6-11,16-18H,12-15H2,1-5H3,(H,32,40). The molecule has 16 nitrogen and oxygen atoms in total. The zero-order chi connectivity index (χ0) is 35.4. The molecule has 0 aliphatic carbocycles. The number of rotatable bonds is 15. The summed E-state index contributed by atoms with van der Waals surface area (Å²) in [6.45, 7) is 3.13. The number of esters is 3. The van der Waals surface area contributed by atoms with E-state index < -0.39 is 46.9 Å². The van der Waals surface area contributed by atoms with Crippen LogP contribution in [0.3, 0.4) is 0 Å². The number of Topliss-reactive ketones (excluding diaryl/α,β-unsaturated/α-hetero) is 1. The number of amides is 2. The molecule has 2 atom stereocenters. The van der Waals surface area contributed by atoms with Crippen molar-refractivity contribution in [3.8, 4) is 0 Å². The zero-order valence-electron chi connectivity index (χ0n) is 26.6. The Kier molecular flexibility index (Phi) is 14.0. The number of tetrazole rings is 1. The molecule has 0 spiro atoms. The van der Waals surface area contributed by atoms with Gasteiger partial charge < -0.3 is 29.2 Å². The van der Waals surface area contributed by atoms with Gasteiger partial charge in [-0.3, -0.25) is 19.2 Å². The highest BCUT2D eigenvalue weighted by Crippen LogP contribution is 2.29. The number of halogens is 1. The Hall–Kier alpha value is -4.87. The summed E-state index contributed by atoms with van der Waals surface area (Å²) in [5.41, 5.74) is 0.304. The molecule has 0 saturated carbocycles. The van der Waals surface area contributed by atoms with Crippen LogP contribution in [-0.2, 0) is 39.9 Å². The van der Waals surface area contributed by atoms with E-state index in [1.54, 1.807) is 12.1 Å². The van der Waals surface area contributed by atoms with Crippen molar-refractivity contribution in [3.63, 3.8) is 0 Å². The predicted octanol–water partition coefficient (Wildman–Crippen LogP) is 3.43. The van der Waals surface area contributed by atoms with Crippen molar-refractivity contribution in [2.24, 2.45) is 5.92 Å². The lowest BCUT2D eigenvalue weighted by Crippen LogP contribution is -2.30. The molecule has 1 heterocycles. The van der Waals surface area contributed by atoms with Gasteiger partial charge in [0.05, 0.1) is 54.6 Å². The fourth-order valence-corrected chi connectivity index (χ4v) is 4.79. The quantitative estimate of drug-likeness (QED) is 0.0603. The number of nitrogens with zero attached hydrogens (tertiary/aromatic N) is 5. The number of aryl methyl sites for hydroxylation is 1. The molecule has 0 bridgehead atoms. The van der Waals surface area contributed by atoms with Gasteiger partial charge in [-0.05, 0) is 54.6 Å². The number of ketones is 1. The summed E-state index contributed by atoms with van der Waals surface area (Å²) in [6, 6.07) is 10.2. The van der Waals surface area contributed by atoms with Crippen molar-refractivity contribution in [1.82, 2.24) is 20.2 Å². The molecule has 2 amide bonds. The second-order valence-corrected chi connectivity index (χ2v) is 11.3. The van der Waals surface area contributed by atoms with Gasteiger partial charge in [0.2, 0.25) is 11.1 Å². The maximum Gasteiger partial charge on any atom is 0.346 e. The third-order valence-electron chi connectivity index (χ3n) is 6.62. The molecule has 1 N–H and O–H groups in total. The molecule has 3 rings (SSSR count). The maximum absolute atomic E-state index is 13.6. The minimum absolute atomic E-state index is 0.0135. The van der Waals surface area contributed by atoms with Crippen molar-refractivity contribution in [2.75, 3.05) is 44.7 Å². The SMILES string of the molecule is COCCOC(=O)CCn1nnnc1SC(=O)N(C)c1ccccc1C(=O)C(C)C(=O)Nc1cc(C(=O)OC(C)C(=O)OC)ccc1Cl. The Morgan fingerprint density at radius 3 is 2.48 bits per heavy atom. The lowest BCUT2D eigenvalue weighted by Gasteiger charge is -2.21. The fraction of sp³-hybridized carbons (Fsp3) is 0.367. The van der Waals surface area contributed by atoms with Gasteiger partial charge in [-0.1, -0.05) is 23.7 Å². The molecule has 1 aromatic heterocycles. The van der Waals surface area contributed by atoms with Crippen LogP contribution in [0.25, 0.3) is 0 Å². The first-order valence-corrected chi connectivity index (χ1v) is 15.5. The molecule has 0 aliphatic rings. The number of benzene rings is 2. The number of hydrogen-bond acceptors (Lipinski definition) is 14. The molecule has 0 aliphatic heterocycles. The Morgan fingerprint density at radius 2 is 1.77 bits per heavy atom. The smallest absolute Gasteiger partial charge is 0.346 e. The number of carbonyl (C=O) groups is 6. The normalized spacial score (nSPS) is 12.0. The first-order valence-electron chi connectivity index (χ1n) is 14.3. The van der Waals surface area contributed by atoms with E-state index >= 15 is 0 Å². The highest BCUT2D eigenvalue weighted by Gasteiger charge is 2.29. The first-order chi connectivity index (χ1) is 22.9. The third kappa shape index (κ3) is 10.1. The second kappa shape index (κ2) is 17.9. The van der Waals surface area contributed by atoms with Gasteiger partial charge in [-0.15, -0.1) is 5.10 Å². The van der Waals surface area contributed by atoms with E-state index in [9.17, 15) is 28.8 Å². The van der Waals surface area contributed by atoms with Crippen LogP contribution in [0, 0.1) is 5.92 Å². The molecule has 0 radical (unpaired) electrons. The number of ether oxygens (including phenoxy) is 4. The van der Waals surface area contributed by atoms with E-state index in [0.717, 1.165) is 7.11 Å². The third-order valence-corrected chi connectivity index (χ3v) is 7.88. The Labute approximate surface area is 284 Å². The van der Waals surface area contributed by atoms with Crippen LogP contribution in [-0.4, -0.2) is 95.6 Å². The van der Waals surface area contributed by atoms with Crippen LogP contribution in [0.5, 0.6) is 0 Å². The Bertz CT molecular complexity index is 1670. The molecule has 48 heavy (non-hydrogen) atoms. The molecular formula is C30H33ClN6O10S. The molecule has 2 unspecified atom stereocenters. The van der Waals surface area contributed by atoms with Crippen molar-refractivity contribution >= 4 is 69.6 Å². The molecule has 18 heteroatoms. The summed E-state index contributed by atoms with van der Waals surface area (Å²) in [4.78, 5) is 77.3. The summed E-state index contributed by atoms with van der Waals surface area (Å²) in [5, 5.41) is 13.4. The number of nitrogens with one attached hydrogen (secondary N) is 1. The fourth-order valence-electron chi connectivity index (χ4n) is 3.92. The van der Waals surface area contributed by atoms with Crippen LogP contribution in [0.1, 0.15) is 41.0 Å². The van der Waals surface area contributed by atoms with Gasteiger partial charge in [0.1, 0.15) is 6.61 Å². The molecule has 0 fully saturated rings. The Balaban J connectivity index is 1.69. The average Bonchev–Trinajstić information content (AvgIpc) is 3.53. The number of methoxy groups -OCH3 is 2. The molecule has 3 aromatic rings. The molecule has 256 valence electrons. The van der Waals surface area contributed by atoms with Crippen LogP contribution >= 0.6 is 23.4 Å². The number of para-hydroxylation sites is 1. The van der Waals surface area contributed by atoms with Crippen molar-refractivity contribution in [2.45, 2.75) is 38.1 Å². The van der Waals surface area contributed by atoms with E-state index in [2.05, 4.69) is 25.6 Å². The van der Waals surface area contributed by atoms with Crippen molar-refractivity contribution in [3.05, 3.63) is 58.6 Å². The average molecular weight is 705 g/mol. The summed E-state index contributed by atoms with van der Waals surface area (Å²) < 4.78 is 20.8. The highest BCUT2D eigenvalue weighted by atomic mass is 35.5. The van der Waals surface area contributed by atoms with E-state index in [1.807, 2.05) is 0 Å². The molecule has 2 aromatic carbocycles. The van der Waals surface area contributed by atoms with Gasteiger partial charge in [-0.2, -0.15) is 0 Å². The molecular weight excluding hydrogens is 672 g/mol. The predicted molar refractivity (Wildman–Crippen MR) is 172 cm³/mol. The number of thioether (sulfide) groups is 1. The van der Waals surface area contributed by atoms with Gasteiger partial charge in [0.15, 0.2) is 11.9 Å². The van der Waals surface area contributed by atoms with Crippen LogP contribution in [0.2, 0.25) is 5.02 Å². The molecule has 0 saturated heterocycles. The van der Waals surface area contributed by atoms with Crippen molar-refractivity contribution < 1.29 is 47.7 Å². The van der Waals surface area contributed by atoms with Crippen LogP contribution in [0.15, 0.2) is 47.6 Å². The minimum atomic E-state index is -1.26. The Morgan fingerprint density at radius 1 is 1.04 bits per heavy atom. The number of carbonyl (C=O) groups excluding carboxylic acids is 6. The van der Waals surface area contributed by atoms with Gasteiger partial charge in [0, 0.05) is 31.5 Å². The number of anilines is 2. The first kappa shape index (κ1) is 37.6. The summed E-state index contributed by atoms with van der Waals surface area (Å²) >= 11 is 6.92. The largest absolute Gasteiger partial charge is 0.466 e. The zero-order valence-corrected chi connectivity index (χ0v) is 28.2. The van der Waals surface area contributed by atoms with E-state index in [1.165, 1.54) is 67.9 Å². The highest BCUT2D eigenvalue weighted by molar-refractivity contribution is 8.13. The lowest BCUT2D eigenvalue weighted by atomic mass is 9.96. The second-order valence-electron chi connectivity index (χ2n) is 9.93. The lowest BCUT2D eigenvalue weighted by molar-refractivity contribution is -0.149. The van der Waals surface area contributed by atoms with E-state index in [4.69, 9.17) is 25.8 Å². The number of hydrogen-bond donors (Lipinski definition) is 1. The van der Waals surface area contributed by atoms with Gasteiger partial charge in [0.25, 0.3) is 5.24 Å². The minimum Gasteiger partial charge on any atom is -0.466 e. The van der Waals surface area contributed by atoms with Gasteiger partial charge in [-0.25, -0.2) is 14.3 Å². The van der Waals surface area contributed by atoms with Crippen molar-refractivity contribution in [1.29, 1.82) is 0 Å². The maximum atomic E-state index is 13.6. The van der Waals surface area contributed by atoms with E-state index in [0.29, 0.717) is 11.8 Å². The van der Waals surface area contributed by atoms with E-state index in [-0.39, 0.29) is 58.9 Å². The topological polar surface area (TPSA) is 198 Å². The summed E-state index contributed by atoms with van der Waals surface area (Å²) in [7, 11) is 4.08. The van der Waals surface area contributed by atoms with Crippen LogP contribution < -0.4 is 10.2 Å². The summed E-state index contributed by atoms with van der Waals surface area (Å²) in [6.07, 6.45) is -1.22. The monoisotopic (exact) mass is 704 g/mol. The van der Waals surface area contributed by atoms with Gasteiger partial charge >= 0.3 is 17.9 Å².